The molecule has 2 rings (SSSR count). The Morgan fingerprint density at radius 3 is 2.25 bits per heavy atom. The lowest BCUT2D eigenvalue weighted by Crippen LogP contribution is -2.29. The SMILES string of the molecule is COc1ccc(C(NC(C)C)C2CC2)cc1. The molecule has 1 saturated carbocycles. The van der Waals surface area contributed by atoms with Crippen molar-refractivity contribution in [3.8, 4) is 5.75 Å². The molecule has 0 spiro atoms. The van der Waals surface area contributed by atoms with Crippen molar-refractivity contribution in [3.63, 3.8) is 0 Å². The van der Waals surface area contributed by atoms with Crippen LogP contribution in [0.15, 0.2) is 24.3 Å². The van der Waals surface area contributed by atoms with Gasteiger partial charge in [-0.2, -0.15) is 0 Å². The van der Waals surface area contributed by atoms with Gasteiger partial charge in [-0.15, -0.1) is 0 Å². The Labute approximate surface area is 98.0 Å². The van der Waals surface area contributed by atoms with Crippen molar-refractivity contribution in [1.82, 2.24) is 5.32 Å². The zero-order chi connectivity index (χ0) is 11.5. The fraction of sp³-hybridized carbons (Fsp3) is 0.571. The van der Waals surface area contributed by atoms with E-state index >= 15 is 0 Å². The van der Waals surface area contributed by atoms with Gasteiger partial charge in [0.15, 0.2) is 0 Å². The van der Waals surface area contributed by atoms with Gasteiger partial charge in [0.1, 0.15) is 5.75 Å². The van der Waals surface area contributed by atoms with E-state index in [0.29, 0.717) is 12.1 Å². The molecule has 1 aromatic carbocycles. The molecule has 0 radical (unpaired) electrons. The second-order valence-corrected chi connectivity index (χ2v) is 4.91. The second kappa shape index (κ2) is 4.88. The quantitative estimate of drug-likeness (QED) is 0.821. The minimum Gasteiger partial charge on any atom is -0.497 e. The Morgan fingerprint density at radius 2 is 1.81 bits per heavy atom. The third kappa shape index (κ3) is 2.76. The highest BCUT2D eigenvalue weighted by Crippen LogP contribution is 2.41. The Morgan fingerprint density at radius 1 is 1.19 bits per heavy atom. The van der Waals surface area contributed by atoms with E-state index in [-0.39, 0.29) is 0 Å². The van der Waals surface area contributed by atoms with Crippen molar-refractivity contribution in [3.05, 3.63) is 29.8 Å². The Balaban J connectivity index is 2.11. The molecule has 1 aliphatic carbocycles. The Kier molecular flexibility index (Phi) is 3.49. The van der Waals surface area contributed by atoms with Crippen molar-refractivity contribution in [1.29, 1.82) is 0 Å². The van der Waals surface area contributed by atoms with Crippen molar-refractivity contribution in [2.45, 2.75) is 38.8 Å². The maximum atomic E-state index is 5.19. The first-order chi connectivity index (χ1) is 7.70. The van der Waals surface area contributed by atoms with Gasteiger partial charge in [0.2, 0.25) is 0 Å². The number of methoxy groups -OCH3 is 1. The first-order valence-corrected chi connectivity index (χ1v) is 6.10. The average molecular weight is 219 g/mol. The standard InChI is InChI=1S/C14H21NO/c1-10(2)15-14(11-4-5-11)12-6-8-13(16-3)9-7-12/h6-11,14-15H,4-5H2,1-3H3. The van der Waals surface area contributed by atoms with E-state index in [0.717, 1.165) is 11.7 Å². The largest absolute Gasteiger partial charge is 0.497 e. The summed E-state index contributed by atoms with van der Waals surface area (Å²) in [6, 6.07) is 9.51. The summed E-state index contributed by atoms with van der Waals surface area (Å²) in [6.07, 6.45) is 2.72. The summed E-state index contributed by atoms with van der Waals surface area (Å²) in [5.41, 5.74) is 1.39. The van der Waals surface area contributed by atoms with Crippen LogP contribution in [0.25, 0.3) is 0 Å². The maximum Gasteiger partial charge on any atom is 0.118 e. The van der Waals surface area contributed by atoms with Crippen molar-refractivity contribution in [2.75, 3.05) is 7.11 Å². The highest BCUT2D eigenvalue weighted by molar-refractivity contribution is 5.30. The van der Waals surface area contributed by atoms with Crippen LogP contribution in [-0.4, -0.2) is 13.2 Å². The van der Waals surface area contributed by atoms with Crippen molar-refractivity contribution < 1.29 is 4.74 Å². The lowest BCUT2D eigenvalue weighted by Gasteiger charge is -2.21. The minimum atomic E-state index is 0.519. The van der Waals surface area contributed by atoms with E-state index in [4.69, 9.17) is 4.74 Å². The number of nitrogens with one attached hydrogen (secondary N) is 1. The van der Waals surface area contributed by atoms with Crippen LogP contribution < -0.4 is 10.1 Å². The van der Waals surface area contributed by atoms with Gasteiger partial charge in [-0.25, -0.2) is 0 Å². The molecule has 1 N–H and O–H groups in total. The lowest BCUT2D eigenvalue weighted by atomic mass is 10.0. The summed E-state index contributed by atoms with van der Waals surface area (Å²) in [6.45, 7) is 4.41. The monoisotopic (exact) mass is 219 g/mol. The van der Waals surface area contributed by atoms with Gasteiger partial charge in [0, 0.05) is 12.1 Å². The number of benzene rings is 1. The molecule has 0 aromatic heterocycles. The van der Waals surface area contributed by atoms with Crippen LogP contribution in [0, 0.1) is 5.92 Å². The average Bonchev–Trinajstić information content (AvgIpc) is 3.10. The first kappa shape index (κ1) is 11.5. The molecule has 0 bridgehead atoms. The summed E-state index contributed by atoms with van der Waals surface area (Å²) in [5.74, 6) is 1.76. The van der Waals surface area contributed by atoms with Gasteiger partial charge in [-0.05, 0) is 36.5 Å². The Bertz CT molecular complexity index is 327. The van der Waals surface area contributed by atoms with Crippen LogP contribution in [0.5, 0.6) is 5.75 Å². The molecule has 88 valence electrons. The first-order valence-electron chi connectivity index (χ1n) is 6.10. The molecule has 2 heteroatoms. The number of hydrogen-bond donors (Lipinski definition) is 1. The van der Waals surface area contributed by atoms with Crippen molar-refractivity contribution >= 4 is 0 Å². The van der Waals surface area contributed by atoms with E-state index < -0.39 is 0 Å². The molecule has 16 heavy (non-hydrogen) atoms. The molecular formula is C14H21NO. The van der Waals surface area contributed by atoms with Crippen LogP contribution in [0.4, 0.5) is 0 Å². The van der Waals surface area contributed by atoms with E-state index in [1.807, 2.05) is 12.1 Å². The number of rotatable bonds is 5. The zero-order valence-corrected chi connectivity index (χ0v) is 10.4. The van der Waals surface area contributed by atoms with E-state index in [1.165, 1.54) is 18.4 Å². The van der Waals surface area contributed by atoms with Gasteiger partial charge in [-0.1, -0.05) is 26.0 Å². The Hall–Kier alpha value is -1.02. The molecular weight excluding hydrogens is 198 g/mol. The summed E-state index contributed by atoms with van der Waals surface area (Å²) in [4.78, 5) is 0. The van der Waals surface area contributed by atoms with E-state index in [1.54, 1.807) is 7.11 Å². The number of ether oxygens (including phenoxy) is 1. The van der Waals surface area contributed by atoms with Gasteiger partial charge >= 0.3 is 0 Å². The molecule has 1 fully saturated rings. The third-order valence-electron chi connectivity index (χ3n) is 3.08. The molecule has 0 heterocycles. The molecule has 2 nitrogen and oxygen atoms in total. The van der Waals surface area contributed by atoms with E-state index in [9.17, 15) is 0 Å². The van der Waals surface area contributed by atoms with Gasteiger partial charge in [-0.3, -0.25) is 0 Å². The molecule has 1 aliphatic rings. The van der Waals surface area contributed by atoms with Crippen LogP contribution in [0.2, 0.25) is 0 Å². The van der Waals surface area contributed by atoms with Crippen molar-refractivity contribution in [2.24, 2.45) is 5.92 Å². The van der Waals surface area contributed by atoms with Gasteiger partial charge in [0.05, 0.1) is 7.11 Å². The summed E-state index contributed by atoms with van der Waals surface area (Å²) in [7, 11) is 1.71. The molecule has 0 aliphatic heterocycles. The van der Waals surface area contributed by atoms with Crippen LogP contribution >= 0.6 is 0 Å². The normalized spacial score (nSPS) is 17.5. The van der Waals surface area contributed by atoms with Crippen LogP contribution in [0.3, 0.4) is 0 Å². The summed E-state index contributed by atoms with van der Waals surface area (Å²) in [5, 5.41) is 3.65. The van der Waals surface area contributed by atoms with Gasteiger partial charge < -0.3 is 10.1 Å². The van der Waals surface area contributed by atoms with Crippen LogP contribution in [0.1, 0.15) is 38.3 Å². The highest BCUT2D eigenvalue weighted by Gasteiger charge is 2.32. The second-order valence-electron chi connectivity index (χ2n) is 4.91. The fourth-order valence-corrected chi connectivity index (χ4v) is 2.10. The number of hydrogen-bond acceptors (Lipinski definition) is 2. The van der Waals surface area contributed by atoms with Crippen LogP contribution in [-0.2, 0) is 0 Å². The smallest absolute Gasteiger partial charge is 0.118 e. The molecule has 1 atom stereocenters. The predicted octanol–water partition coefficient (Wildman–Crippen LogP) is 3.14. The third-order valence-corrected chi connectivity index (χ3v) is 3.08. The maximum absolute atomic E-state index is 5.19. The highest BCUT2D eigenvalue weighted by atomic mass is 16.5. The topological polar surface area (TPSA) is 21.3 Å². The fourth-order valence-electron chi connectivity index (χ4n) is 2.10. The lowest BCUT2D eigenvalue weighted by molar-refractivity contribution is 0.412. The minimum absolute atomic E-state index is 0.519. The summed E-state index contributed by atoms with van der Waals surface area (Å²) < 4.78 is 5.19. The zero-order valence-electron chi connectivity index (χ0n) is 10.4. The molecule has 1 unspecified atom stereocenters. The van der Waals surface area contributed by atoms with E-state index in [2.05, 4.69) is 31.3 Å². The molecule has 0 amide bonds. The summed E-state index contributed by atoms with van der Waals surface area (Å²) >= 11 is 0. The molecule has 1 aromatic rings. The molecule has 0 saturated heterocycles. The van der Waals surface area contributed by atoms with Gasteiger partial charge in [0.25, 0.3) is 0 Å². The predicted molar refractivity (Wildman–Crippen MR) is 66.7 cm³/mol.